The number of anilines is 2. The van der Waals surface area contributed by atoms with Gasteiger partial charge in [0.15, 0.2) is 0 Å². The van der Waals surface area contributed by atoms with Crippen molar-refractivity contribution in [1.29, 1.82) is 0 Å². The van der Waals surface area contributed by atoms with Gasteiger partial charge in [0.2, 0.25) is 5.91 Å². The summed E-state index contributed by atoms with van der Waals surface area (Å²) in [5.41, 5.74) is 1.27. The Morgan fingerprint density at radius 1 is 1.04 bits per heavy atom. The molecule has 1 unspecified atom stereocenters. The van der Waals surface area contributed by atoms with E-state index in [2.05, 4.69) is 16.0 Å². The predicted octanol–water partition coefficient (Wildman–Crippen LogP) is 4.96. The van der Waals surface area contributed by atoms with Crippen LogP contribution in [0.2, 0.25) is 5.02 Å². The summed E-state index contributed by atoms with van der Waals surface area (Å²) in [7, 11) is 0. The highest BCUT2D eigenvalue weighted by Gasteiger charge is 2.21. The second-order valence-corrected chi connectivity index (χ2v) is 6.68. The fourth-order valence-electron chi connectivity index (χ4n) is 2.54. The topological polar surface area (TPSA) is 70.2 Å². The molecule has 3 N–H and O–H groups in total. The van der Waals surface area contributed by atoms with Crippen molar-refractivity contribution in [3.05, 3.63) is 58.9 Å². The number of rotatable bonds is 5. The molecule has 7 heteroatoms. The van der Waals surface area contributed by atoms with Crippen molar-refractivity contribution >= 4 is 34.9 Å². The maximum absolute atomic E-state index is 14.3. The van der Waals surface area contributed by atoms with Gasteiger partial charge in [0.25, 0.3) is 0 Å². The predicted molar refractivity (Wildman–Crippen MR) is 102 cm³/mol. The first kappa shape index (κ1) is 19.7. The third-order valence-corrected chi connectivity index (χ3v) is 3.93. The van der Waals surface area contributed by atoms with Crippen LogP contribution in [-0.4, -0.2) is 11.9 Å². The molecule has 0 heterocycles. The number of carbonyl (C=O) groups is 2. The Hall–Kier alpha value is -2.60. The Labute approximate surface area is 156 Å². The number of amides is 3. The minimum atomic E-state index is -0.495. The van der Waals surface area contributed by atoms with Crippen LogP contribution in [0.15, 0.2) is 42.5 Å². The molecule has 1 atom stereocenters. The number of carbonyl (C=O) groups excluding carboxylic acids is 2. The zero-order valence-corrected chi connectivity index (χ0v) is 15.5. The highest BCUT2D eigenvalue weighted by Crippen LogP contribution is 2.27. The SMILES string of the molecule is CC(=O)NC(c1cc(NC(=O)Nc2cccc(Cl)c2)ccc1F)C(C)C. The van der Waals surface area contributed by atoms with Crippen molar-refractivity contribution in [3.8, 4) is 0 Å². The van der Waals surface area contributed by atoms with Crippen LogP contribution in [0.25, 0.3) is 0 Å². The Kier molecular flexibility index (Phi) is 6.58. The van der Waals surface area contributed by atoms with Crippen LogP contribution < -0.4 is 16.0 Å². The van der Waals surface area contributed by atoms with Gasteiger partial charge in [-0.15, -0.1) is 0 Å². The Balaban J connectivity index is 2.17. The second kappa shape index (κ2) is 8.67. The van der Waals surface area contributed by atoms with Gasteiger partial charge in [-0.1, -0.05) is 31.5 Å². The van der Waals surface area contributed by atoms with Crippen LogP contribution >= 0.6 is 11.6 Å². The first-order chi connectivity index (χ1) is 12.3. The molecule has 0 fully saturated rings. The van der Waals surface area contributed by atoms with E-state index in [1.807, 2.05) is 13.8 Å². The lowest BCUT2D eigenvalue weighted by Crippen LogP contribution is -2.30. The van der Waals surface area contributed by atoms with Crippen molar-refractivity contribution in [2.24, 2.45) is 5.92 Å². The molecule has 5 nitrogen and oxygen atoms in total. The van der Waals surface area contributed by atoms with Gasteiger partial charge in [0.05, 0.1) is 6.04 Å². The lowest BCUT2D eigenvalue weighted by atomic mass is 9.95. The monoisotopic (exact) mass is 377 g/mol. The number of hydrogen-bond donors (Lipinski definition) is 3. The summed E-state index contributed by atoms with van der Waals surface area (Å²) in [5.74, 6) is -0.720. The molecule has 2 aromatic carbocycles. The normalized spacial score (nSPS) is 11.8. The lowest BCUT2D eigenvalue weighted by Gasteiger charge is -2.23. The zero-order chi connectivity index (χ0) is 19.3. The third-order valence-electron chi connectivity index (χ3n) is 3.70. The van der Waals surface area contributed by atoms with Gasteiger partial charge in [-0.25, -0.2) is 9.18 Å². The van der Waals surface area contributed by atoms with Crippen LogP contribution in [0.3, 0.4) is 0 Å². The number of nitrogens with one attached hydrogen (secondary N) is 3. The summed E-state index contributed by atoms with van der Waals surface area (Å²) in [6.45, 7) is 5.14. The van der Waals surface area contributed by atoms with Crippen molar-refractivity contribution in [3.63, 3.8) is 0 Å². The fourth-order valence-corrected chi connectivity index (χ4v) is 2.73. The van der Waals surface area contributed by atoms with Crippen LogP contribution in [0.5, 0.6) is 0 Å². The summed E-state index contributed by atoms with van der Waals surface area (Å²) in [5, 5.41) is 8.55. The van der Waals surface area contributed by atoms with E-state index < -0.39 is 17.9 Å². The van der Waals surface area contributed by atoms with Crippen LogP contribution in [-0.2, 0) is 4.79 Å². The number of benzene rings is 2. The molecule has 2 aromatic rings. The molecule has 2 rings (SSSR count). The molecule has 138 valence electrons. The average molecular weight is 378 g/mol. The first-order valence-electron chi connectivity index (χ1n) is 8.16. The van der Waals surface area contributed by atoms with Gasteiger partial charge in [0, 0.05) is 28.9 Å². The molecule has 0 aliphatic heterocycles. The van der Waals surface area contributed by atoms with E-state index in [-0.39, 0.29) is 11.8 Å². The molecular weight excluding hydrogens is 357 g/mol. The summed E-state index contributed by atoms with van der Waals surface area (Å²) in [6, 6.07) is 10.0. The lowest BCUT2D eigenvalue weighted by molar-refractivity contribution is -0.120. The summed E-state index contributed by atoms with van der Waals surface area (Å²) < 4.78 is 14.3. The van der Waals surface area contributed by atoms with E-state index in [4.69, 9.17) is 11.6 Å². The molecule has 0 bridgehead atoms. The summed E-state index contributed by atoms with van der Waals surface area (Å²) in [6.07, 6.45) is 0. The molecule has 0 spiro atoms. The van der Waals surface area contributed by atoms with Gasteiger partial charge in [-0.05, 0) is 42.3 Å². The van der Waals surface area contributed by atoms with Crippen molar-refractivity contribution in [1.82, 2.24) is 5.32 Å². The fraction of sp³-hybridized carbons (Fsp3) is 0.263. The van der Waals surface area contributed by atoms with Gasteiger partial charge in [-0.2, -0.15) is 0 Å². The molecule has 0 aliphatic carbocycles. The summed E-state index contributed by atoms with van der Waals surface area (Å²) >= 11 is 5.88. The largest absolute Gasteiger partial charge is 0.349 e. The number of urea groups is 1. The minimum Gasteiger partial charge on any atom is -0.349 e. The van der Waals surface area contributed by atoms with E-state index in [1.165, 1.54) is 25.1 Å². The average Bonchev–Trinajstić information content (AvgIpc) is 2.54. The first-order valence-corrected chi connectivity index (χ1v) is 8.54. The van der Waals surface area contributed by atoms with E-state index in [0.29, 0.717) is 22.0 Å². The van der Waals surface area contributed by atoms with Gasteiger partial charge >= 0.3 is 6.03 Å². The van der Waals surface area contributed by atoms with Gasteiger partial charge in [-0.3, -0.25) is 4.79 Å². The molecule has 0 saturated heterocycles. The molecule has 26 heavy (non-hydrogen) atoms. The van der Waals surface area contributed by atoms with Gasteiger partial charge in [0.1, 0.15) is 5.82 Å². The van der Waals surface area contributed by atoms with E-state index in [0.717, 1.165) is 0 Å². The maximum atomic E-state index is 14.3. The number of halogens is 2. The molecular formula is C19H21ClFN3O2. The smallest absolute Gasteiger partial charge is 0.323 e. The van der Waals surface area contributed by atoms with Crippen molar-refractivity contribution in [2.75, 3.05) is 10.6 Å². The Morgan fingerprint density at radius 2 is 1.69 bits per heavy atom. The minimum absolute atomic E-state index is 0.0241. The van der Waals surface area contributed by atoms with Crippen molar-refractivity contribution in [2.45, 2.75) is 26.8 Å². The molecule has 0 aromatic heterocycles. The Bertz CT molecular complexity index is 811. The molecule has 0 aliphatic rings. The third kappa shape index (κ3) is 5.46. The van der Waals surface area contributed by atoms with Crippen LogP contribution in [0.1, 0.15) is 32.4 Å². The van der Waals surface area contributed by atoms with E-state index >= 15 is 0 Å². The van der Waals surface area contributed by atoms with E-state index in [9.17, 15) is 14.0 Å². The highest BCUT2D eigenvalue weighted by molar-refractivity contribution is 6.30. The van der Waals surface area contributed by atoms with Crippen molar-refractivity contribution < 1.29 is 14.0 Å². The second-order valence-electron chi connectivity index (χ2n) is 6.25. The van der Waals surface area contributed by atoms with Crippen LogP contribution in [0.4, 0.5) is 20.6 Å². The molecule has 3 amide bonds. The standard InChI is InChI=1S/C19H21ClFN3O2/c1-11(2)18(22-12(3)25)16-10-15(7-8-17(16)21)24-19(26)23-14-6-4-5-13(20)9-14/h4-11,18H,1-3H3,(H,22,25)(H2,23,24,26). The molecule has 0 saturated carbocycles. The van der Waals surface area contributed by atoms with E-state index in [1.54, 1.807) is 24.3 Å². The zero-order valence-electron chi connectivity index (χ0n) is 14.8. The van der Waals surface area contributed by atoms with Crippen LogP contribution in [0, 0.1) is 11.7 Å². The Morgan fingerprint density at radius 3 is 2.27 bits per heavy atom. The van der Waals surface area contributed by atoms with Gasteiger partial charge < -0.3 is 16.0 Å². The summed E-state index contributed by atoms with van der Waals surface area (Å²) in [4.78, 5) is 23.6. The highest BCUT2D eigenvalue weighted by atomic mass is 35.5. The molecule has 0 radical (unpaired) electrons. The number of hydrogen-bond acceptors (Lipinski definition) is 2. The maximum Gasteiger partial charge on any atom is 0.323 e. The quantitative estimate of drug-likeness (QED) is 0.689.